The van der Waals surface area contributed by atoms with Crippen molar-refractivity contribution in [1.82, 2.24) is 4.57 Å². The Hall–Kier alpha value is -3.60. The molecule has 9 heteroatoms. The Kier molecular flexibility index (Phi) is 5.20. The zero-order chi connectivity index (χ0) is 23.3. The van der Waals surface area contributed by atoms with Gasteiger partial charge in [0, 0.05) is 27.4 Å². The van der Waals surface area contributed by atoms with Gasteiger partial charge in [0.25, 0.3) is 5.56 Å². The summed E-state index contributed by atoms with van der Waals surface area (Å²) in [5.74, 6) is 0.614. The Morgan fingerprint density at radius 3 is 2.55 bits per heavy atom. The lowest BCUT2D eigenvalue weighted by molar-refractivity contribution is 0.174. The van der Waals surface area contributed by atoms with E-state index in [4.69, 9.17) is 43.1 Å². The summed E-state index contributed by atoms with van der Waals surface area (Å²) < 4.78 is 18.1. The molecule has 0 saturated carbocycles. The molecule has 0 saturated heterocycles. The van der Waals surface area contributed by atoms with Gasteiger partial charge >= 0.3 is 0 Å². The second kappa shape index (κ2) is 8.07. The number of hydrogen-bond acceptors (Lipinski definition) is 6. The molecule has 2 aromatic carbocycles. The number of nitrogens with two attached hydrogens (primary N) is 1. The Morgan fingerprint density at radius 2 is 1.82 bits per heavy atom. The molecule has 0 radical (unpaired) electrons. The monoisotopic (exact) mass is 481 g/mol. The summed E-state index contributed by atoms with van der Waals surface area (Å²) in [6.45, 7) is 2.24. The molecule has 2 N–H and O–H groups in total. The molecule has 33 heavy (non-hydrogen) atoms. The van der Waals surface area contributed by atoms with E-state index in [1.807, 2.05) is 18.2 Å². The minimum atomic E-state index is -0.865. The first kappa shape index (κ1) is 21.3. The van der Waals surface area contributed by atoms with E-state index < -0.39 is 5.92 Å². The molecule has 2 aliphatic rings. The number of allylic oxidation sites excluding steroid dienone is 1. The maximum Gasteiger partial charge on any atom is 0.259 e. The van der Waals surface area contributed by atoms with Gasteiger partial charge in [-0.15, -0.1) is 0 Å². The van der Waals surface area contributed by atoms with E-state index in [-0.39, 0.29) is 41.7 Å². The number of nitrogens with zero attached hydrogens (tertiary/aromatic N) is 2. The molecule has 1 atom stereocenters. The summed E-state index contributed by atoms with van der Waals surface area (Å²) >= 11 is 12.9. The van der Waals surface area contributed by atoms with Crippen LogP contribution in [0.4, 0.5) is 0 Å². The van der Waals surface area contributed by atoms with Crippen molar-refractivity contribution in [3.8, 4) is 23.3 Å². The van der Waals surface area contributed by atoms with Crippen LogP contribution in [0.15, 0.2) is 58.7 Å². The first-order chi connectivity index (χ1) is 15.9. The Morgan fingerprint density at radius 1 is 1.09 bits per heavy atom. The lowest BCUT2D eigenvalue weighted by atomic mass is 9.84. The van der Waals surface area contributed by atoms with Crippen LogP contribution in [0.5, 0.6) is 17.2 Å². The van der Waals surface area contributed by atoms with Crippen LogP contribution in [0, 0.1) is 18.3 Å². The third-order valence-corrected chi connectivity index (χ3v) is 6.42. The fraction of sp³-hybridized carbons (Fsp3) is 0.167. The lowest BCUT2D eigenvalue weighted by Gasteiger charge is -2.28. The molecule has 166 valence electrons. The van der Waals surface area contributed by atoms with E-state index in [0.717, 1.165) is 5.56 Å². The number of benzene rings is 2. The van der Waals surface area contributed by atoms with Gasteiger partial charge in [0.2, 0.25) is 12.7 Å². The van der Waals surface area contributed by atoms with E-state index in [0.29, 0.717) is 32.8 Å². The first-order valence-electron chi connectivity index (χ1n) is 10.0. The van der Waals surface area contributed by atoms with Crippen molar-refractivity contribution in [2.45, 2.75) is 19.4 Å². The third-order valence-electron chi connectivity index (χ3n) is 5.76. The zero-order valence-corrected chi connectivity index (χ0v) is 18.9. The van der Waals surface area contributed by atoms with Crippen molar-refractivity contribution in [3.05, 3.63) is 96.7 Å². The molecule has 3 heterocycles. The summed E-state index contributed by atoms with van der Waals surface area (Å²) in [5.41, 5.74) is 8.00. The van der Waals surface area contributed by atoms with Gasteiger partial charge in [-0.3, -0.25) is 4.79 Å². The predicted molar refractivity (Wildman–Crippen MR) is 123 cm³/mol. The number of aromatic nitrogens is 1. The van der Waals surface area contributed by atoms with Crippen LogP contribution in [0.1, 0.15) is 28.3 Å². The van der Waals surface area contributed by atoms with Crippen molar-refractivity contribution in [2.24, 2.45) is 5.73 Å². The fourth-order valence-electron chi connectivity index (χ4n) is 4.18. The van der Waals surface area contributed by atoms with Crippen molar-refractivity contribution in [3.63, 3.8) is 0 Å². The van der Waals surface area contributed by atoms with Crippen molar-refractivity contribution in [2.75, 3.05) is 6.79 Å². The van der Waals surface area contributed by atoms with Gasteiger partial charge < -0.3 is 24.5 Å². The van der Waals surface area contributed by atoms with Gasteiger partial charge in [-0.1, -0.05) is 35.3 Å². The highest BCUT2D eigenvalue weighted by molar-refractivity contribution is 6.36. The van der Waals surface area contributed by atoms with Crippen LogP contribution in [-0.4, -0.2) is 11.4 Å². The Labute approximate surface area is 199 Å². The van der Waals surface area contributed by atoms with Crippen molar-refractivity contribution >= 4 is 23.2 Å². The molecule has 0 aliphatic carbocycles. The highest BCUT2D eigenvalue weighted by atomic mass is 35.5. The summed E-state index contributed by atoms with van der Waals surface area (Å²) in [7, 11) is 0. The second-order valence-corrected chi connectivity index (χ2v) is 8.52. The third kappa shape index (κ3) is 3.48. The average molecular weight is 482 g/mol. The van der Waals surface area contributed by atoms with Crippen LogP contribution in [0.2, 0.25) is 10.0 Å². The van der Waals surface area contributed by atoms with E-state index in [9.17, 15) is 10.1 Å². The molecule has 2 aliphatic heterocycles. The van der Waals surface area contributed by atoms with Crippen LogP contribution in [0.25, 0.3) is 0 Å². The van der Waals surface area contributed by atoms with Gasteiger partial charge in [-0.25, -0.2) is 0 Å². The number of halogens is 2. The van der Waals surface area contributed by atoms with Crippen LogP contribution >= 0.6 is 23.2 Å². The smallest absolute Gasteiger partial charge is 0.259 e. The van der Waals surface area contributed by atoms with Gasteiger partial charge in [0.05, 0.1) is 18.0 Å². The van der Waals surface area contributed by atoms with Gasteiger partial charge in [-0.05, 0) is 36.8 Å². The number of aryl methyl sites for hydroxylation is 1. The normalized spacial score (nSPS) is 16.2. The number of nitriles is 1. The molecule has 1 unspecified atom stereocenters. The van der Waals surface area contributed by atoms with Crippen LogP contribution < -0.4 is 25.5 Å². The molecule has 3 aromatic rings. The zero-order valence-electron chi connectivity index (χ0n) is 17.4. The van der Waals surface area contributed by atoms with E-state index >= 15 is 0 Å². The summed E-state index contributed by atoms with van der Waals surface area (Å²) in [4.78, 5) is 13.8. The van der Waals surface area contributed by atoms with Gasteiger partial charge in [-0.2, -0.15) is 5.26 Å². The Bertz CT molecular complexity index is 1420. The van der Waals surface area contributed by atoms with E-state index in [1.165, 1.54) is 0 Å². The number of fused-ring (bicyclic) bond motifs is 2. The fourth-order valence-corrected chi connectivity index (χ4v) is 4.80. The SMILES string of the molecule is Cc1cc2c(c(=O)n1Cc1ccc3c(c1)OCO3)C(c1c(Cl)cccc1Cl)C(C#N)=C(N)O2. The minimum absolute atomic E-state index is 0.0769. The first-order valence-corrected chi connectivity index (χ1v) is 10.8. The molecular formula is C24H17Cl2N3O4. The molecule has 0 amide bonds. The molecule has 0 spiro atoms. The summed E-state index contributed by atoms with van der Waals surface area (Å²) in [6, 6.07) is 14.3. The highest BCUT2D eigenvalue weighted by Gasteiger charge is 2.36. The second-order valence-electron chi connectivity index (χ2n) is 7.70. The summed E-state index contributed by atoms with van der Waals surface area (Å²) in [6.07, 6.45) is 0. The molecule has 0 bridgehead atoms. The van der Waals surface area contributed by atoms with Gasteiger partial charge in [0.1, 0.15) is 17.4 Å². The van der Waals surface area contributed by atoms with Gasteiger partial charge in [0.15, 0.2) is 11.5 Å². The largest absolute Gasteiger partial charge is 0.454 e. The number of ether oxygens (including phenoxy) is 3. The molecule has 1 aromatic heterocycles. The Balaban J connectivity index is 1.69. The maximum absolute atomic E-state index is 13.8. The van der Waals surface area contributed by atoms with Crippen LogP contribution in [-0.2, 0) is 6.54 Å². The summed E-state index contributed by atoms with van der Waals surface area (Å²) in [5, 5.41) is 10.5. The highest BCUT2D eigenvalue weighted by Crippen LogP contribution is 2.45. The van der Waals surface area contributed by atoms with Crippen molar-refractivity contribution in [1.29, 1.82) is 5.26 Å². The maximum atomic E-state index is 13.8. The molecule has 0 fully saturated rings. The van der Waals surface area contributed by atoms with E-state index in [2.05, 4.69) is 6.07 Å². The molecular weight excluding hydrogens is 465 g/mol. The topological polar surface area (TPSA) is 99.5 Å². The van der Waals surface area contributed by atoms with Crippen molar-refractivity contribution < 1.29 is 14.2 Å². The quantitative estimate of drug-likeness (QED) is 0.592. The van der Waals surface area contributed by atoms with Crippen LogP contribution in [0.3, 0.4) is 0 Å². The minimum Gasteiger partial charge on any atom is -0.454 e. The molecule has 7 nitrogen and oxygen atoms in total. The number of pyridine rings is 1. The van der Waals surface area contributed by atoms with E-state index in [1.54, 1.807) is 35.8 Å². The lowest BCUT2D eigenvalue weighted by Crippen LogP contribution is -2.33. The standard InChI is InChI=1S/C24H17Cl2N3O4/c1-12-7-19-22(24(30)29(12)10-13-5-6-17-18(8-13)32-11-31-17)20(14(9-27)23(28)33-19)21-15(25)3-2-4-16(21)26/h2-8,20H,10-11,28H2,1H3. The predicted octanol–water partition coefficient (Wildman–Crippen LogP) is 4.46. The average Bonchev–Trinajstić information content (AvgIpc) is 3.24. The number of hydrogen-bond donors (Lipinski definition) is 1. The number of rotatable bonds is 3. The molecule has 5 rings (SSSR count).